The molecule has 0 aromatic carbocycles. The molecule has 2 bridgehead atoms. The number of pyridine rings is 1. The largest absolute Gasteiger partial charge is 0.481 e. The lowest BCUT2D eigenvalue weighted by atomic mass is 9.89. The van der Waals surface area contributed by atoms with Crippen LogP contribution in [0.4, 0.5) is 17.6 Å². The van der Waals surface area contributed by atoms with Crippen molar-refractivity contribution >= 4 is 11.8 Å². The van der Waals surface area contributed by atoms with Crippen molar-refractivity contribution in [1.82, 2.24) is 25.4 Å². The Labute approximate surface area is 209 Å². The Bertz CT molecular complexity index is 1150. The highest BCUT2D eigenvalue weighted by Gasteiger charge is 2.47. The number of hydrogen-bond acceptors (Lipinski definition) is 6. The maximum Gasteiger partial charge on any atom is 0.414 e. The summed E-state index contributed by atoms with van der Waals surface area (Å²) in [6, 6.07) is 2.12. The molecule has 0 spiro atoms. The van der Waals surface area contributed by atoms with Crippen molar-refractivity contribution in [2.45, 2.75) is 68.9 Å². The summed E-state index contributed by atoms with van der Waals surface area (Å²) in [6.45, 7) is -0.174. The number of aromatic amines is 1. The molecule has 5 heterocycles. The average Bonchev–Trinajstić information content (AvgIpc) is 3.46. The molecule has 2 N–H and O–H groups in total. The minimum absolute atomic E-state index is 0.147. The van der Waals surface area contributed by atoms with E-state index in [1.165, 1.54) is 19.2 Å². The molecule has 2 aromatic heterocycles. The number of amides is 2. The van der Waals surface area contributed by atoms with E-state index >= 15 is 0 Å². The van der Waals surface area contributed by atoms with Crippen LogP contribution in [0, 0.1) is 11.7 Å². The first kappa shape index (κ1) is 25.4. The molecule has 3 fully saturated rings. The highest BCUT2D eigenvalue weighted by Crippen LogP contribution is 2.40. The third kappa shape index (κ3) is 5.13. The molecule has 37 heavy (non-hydrogen) atoms. The van der Waals surface area contributed by atoms with E-state index in [0.717, 1.165) is 19.0 Å². The van der Waals surface area contributed by atoms with E-state index in [0.29, 0.717) is 12.8 Å². The Morgan fingerprint density at radius 2 is 1.89 bits per heavy atom. The lowest BCUT2D eigenvalue weighted by molar-refractivity contribution is -0.232. The number of carbonyl (C=O) groups is 2. The van der Waals surface area contributed by atoms with Crippen LogP contribution in [0.2, 0.25) is 0 Å². The standard InChI is InChI=1S/C24H27F4N5O4/c1-36-21-8-16(17(25)10-29-21)18-9-19(32-31-18)23(35)33-14-3-4-15(33)7-12(6-14)22(34)30-13-2-5-20(37-11-13)24(26,27)28/h8-10,12-15,20H,2-7,11H2,1H3,(H,30,34)(H,31,32)/t12?,13-,14-,15+,20+/m0/s1. The highest BCUT2D eigenvalue weighted by molar-refractivity contribution is 5.94. The topological polar surface area (TPSA) is 109 Å². The molecule has 3 aliphatic rings. The molecule has 3 saturated heterocycles. The summed E-state index contributed by atoms with van der Waals surface area (Å²) in [4.78, 5) is 31.8. The molecule has 0 aliphatic carbocycles. The molecule has 0 radical (unpaired) electrons. The number of halogens is 4. The average molecular weight is 526 g/mol. The minimum Gasteiger partial charge on any atom is -0.481 e. The van der Waals surface area contributed by atoms with E-state index < -0.39 is 24.1 Å². The lowest BCUT2D eigenvalue weighted by Gasteiger charge is -2.39. The fourth-order valence-corrected chi connectivity index (χ4v) is 5.60. The Morgan fingerprint density at radius 1 is 1.16 bits per heavy atom. The monoisotopic (exact) mass is 525 g/mol. The first-order valence-electron chi connectivity index (χ1n) is 12.2. The molecule has 0 saturated carbocycles. The van der Waals surface area contributed by atoms with Crippen molar-refractivity contribution in [2.75, 3.05) is 13.7 Å². The zero-order chi connectivity index (χ0) is 26.3. The van der Waals surface area contributed by atoms with E-state index in [4.69, 9.17) is 9.47 Å². The SMILES string of the molecule is COc1cc(-c2cc(C(=O)N3[C@@H]4CC[C@H]3CC(C(=O)N[C@H]3CC[C@H](C(F)(F)F)OC3)C4)[nH]n2)c(F)cn1. The Balaban J connectivity index is 1.20. The van der Waals surface area contributed by atoms with Crippen LogP contribution in [-0.4, -0.2) is 76.0 Å². The van der Waals surface area contributed by atoms with Crippen LogP contribution in [0.3, 0.4) is 0 Å². The molecule has 2 amide bonds. The van der Waals surface area contributed by atoms with Crippen LogP contribution in [0.15, 0.2) is 18.3 Å². The van der Waals surface area contributed by atoms with Crippen molar-refractivity contribution < 1.29 is 36.6 Å². The minimum atomic E-state index is -4.40. The smallest absolute Gasteiger partial charge is 0.414 e. The number of nitrogens with zero attached hydrogens (tertiary/aromatic N) is 3. The van der Waals surface area contributed by atoms with Crippen LogP contribution >= 0.6 is 0 Å². The van der Waals surface area contributed by atoms with Crippen LogP contribution in [0.25, 0.3) is 11.3 Å². The molecule has 1 unspecified atom stereocenters. The fraction of sp³-hybridized carbons (Fsp3) is 0.583. The van der Waals surface area contributed by atoms with Crippen LogP contribution in [0.1, 0.15) is 49.0 Å². The van der Waals surface area contributed by atoms with Gasteiger partial charge >= 0.3 is 6.18 Å². The zero-order valence-electron chi connectivity index (χ0n) is 20.1. The van der Waals surface area contributed by atoms with Gasteiger partial charge in [-0.15, -0.1) is 0 Å². The Kier molecular flexibility index (Phi) is 6.82. The number of alkyl halides is 3. The van der Waals surface area contributed by atoms with Crippen molar-refractivity contribution in [3.05, 3.63) is 29.8 Å². The van der Waals surface area contributed by atoms with Gasteiger partial charge < -0.3 is 19.7 Å². The van der Waals surface area contributed by atoms with Gasteiger partial charge in [-0.25, -0.2) is 9.37 Å². The second-order valence-corrected chi connectivity index (χ2v) is 9.79. The highest BCUT2D eigenvalue weighted by atomic mass is 19.4. The second-order valence-electron chi connectivity index (χ2n) is 9.79. The number of hydrogen-bond donors (Lipinski definition) is 2. The Morgan fingerprint density at radius 3 is 2.51 bits per heavy atom. The summed E-state index contributed by atoms with van der Waals surface area (Å²) in [7, 11) is 1.41. The van der Waals surface area contributed by atoms with Gasteiger partial charge in [-0.2, -0.15) is 18.3 Å². The number of fused-ring (bicyclic) bond motifs is 2. The van der Waals surface area contributed by atoms with Gasteiger partial charge in [0.2, 0.25) is 11.8 Å². The summed E-state index contributed by atoms with van der Waals surface area (Å²) in [5, 5.41) is 9.63. The number of piperidine rings is 1. The van der Waals surface area contributed by atoms with E-state index in [9.17, 15) is 27.2 Å². The molecule has 3 aliphatic heterocycles. The van der Waals surface area contributed by atoms with E-state index in [2.05, 4.69) is 20.5 Å². The van der Waals surface area contributed by atoms with Crippen LogP contribution in [-0.2, 0) is 9.53 Å². The molecule has 2 aromatic rings. The predicted octanol–water partition coefficient (Wildman–Crippen LogP) is 3.23. The summed E-state index contributed by atoms with van der Waals surface area (Å²) in [5.41, 5.74) is 0.600. The number of rotatable bonds is 5. The van der Waals surface area contributed by atoms with Crippen molar-refractivity contribution in [1.29, 1.82) is 0 Å². The Hall–Kier alpha value is -3.22. The first-order chi connectivity index (χ1) is 17.6. The number of H-pyrrole nitrogens is 1. The fourth-order valence-electron chi connectivity index (χ4n) is 5.60. The van der Waals surface area contributed by atoms with Crippen molar-refractivity contribution in [3.8, 4) is 17.1 Å². The number of carbonyl (C=O) groups excluding carboxylic acids is 2. The lowest BCUT2D eigenvalue weighted by Crippen LogP contribution is -2.52. The molecule has 13 heteroatoms. The maximum absolute atomic E-state index is 14.3. The maximum atomic E-state index is 14.3. The van der Waals surface area contributed by atoms with Crippen molar-refractivity contribution in [2.24, 2.45) is 5.92 Å². The molecule has 5 atom stereocenters. The molecule has 200 valence electrons. The van der Waals surface area contributed by atoms with Crippen LogP contribution < -0.4 is 10.1 Å². The van der Waals surface area contributed by atoms with Crippen molar-refractivity contribution in [3.63, 3.8) is 0 Å². The molecule has 5 rings (SSSR count). The summed E-state index contributed by atoms with van der Waals surface area (Å²) in [6.07, 6.45) is -2.73. The molecule has 9 nitrogen and oxygen atoms in total. The number of nitrogens with one attached hydrogen (secondary N) is 2. The normalized spacial score (nSPS) is 27.7. The third-order valence-electron chi connectivity index (χ3n) is 7.45. The summed E-state index contributed by atoms with van der Waals surface area (Å²) in [5.74, 6) is -1.21. The predicted molar refractivity (Wildman–Crippen MR) is 121 cm³/mol. The van der Waals surface area contributed by atoms with E-state index in [-0.39, 0.29) is 72.1 Å². The van der Waals surface area contributed by atoms with E-state index in [1.54, 1.807) is 4.90 Å². The molecular weight excluding hydrogens is 498 g/mol. The van der Waals surface area contributed by atoms with Gasteiger partial charge in [-0.1, -0.05) is 0 Å². The summed E-state index contributed by atoms with van der Waals surface area (Å²) >= 11 is 0. The molecular formula is C24H27F4N5O4. The van der Waals surface area contributed by atoms with Gasteiger partial charge in [0.15, 0.2) is 11.9 Å². The zero-order valence-corrected chi connectivity index (χ0v) is 20.1. The van der Waals surface area contributed by atoms with Gasteiger partial charge in [-0.3, -0.25) is 14.7 Å². The van der Waals surface area contributed by atoms with Gasteiger partial charge in [0.1, 0.15) is 5.69 Å². The van der Waals surface area contributed by atoms with Gasteiger partial charge in [0, 0.05) is 29.6 Å². The number of methoxy groups -OCH3 is 1. The first-order valence-corrected chi connectivity index (χ1v) is 12.2. The third-order valence-corrected chi connectivity index (χ3v) is 7.45. The van der Waals surface area contributed by atoms with Gasteiger partial charge in [0.05, 0.1) is 31.6 Å². The number of ether oxygens (including phenoxy) is 2. The van der Waals surface area contributed by atoms with Crippen LogP contribution in [0.5, 0.6) is 5.88 Å². The van der Waals surface area contributed by atoms with Gasteiger partial charge in [0.25, 0.3) is 5.91 Å². The quantitative estimate of drug-likeness (QED) is 0.581. The van der Waals surface area contributed by atoms with Gasteiger partial charge in [-0.05, 0) is 44.6 Å². The summed E-state index contributed by atoms with van der Waals surface area (Å²) < 4.78 is 62.6. The van der Waals surface area contributed by atoms with E-state index in [1.807, 2.05) is 0 Å². The second kappa shape index (κ2) is 9.92. The number of aromatic nitrogens is 3.